The van der Waals surface area contributed by atoms with Crippen LogP contribution in [0.3, 0.4) is 0 Å². The molecule has 3 rings (SSSR count). The minimum Gasteiger partial charge on any atom is -0.453 e. The van der Waals surface area contributed by atoms with Crippen molar-refractivity contribution in [3.05, 3.63) is 54.0 Å². The zero-order chi connectivity index (χ0) is 16.4. The van der Waals surface area contributed by atoms with Crippen molar-refractivity contribution in [3.63, 3.8) is 0 Å². The third kappa shape index (κ3) is 3.12. The number of benzene rings is 2. The summed E-state index contributed by atoms with van der Waals surface area (Å²) in [5.74, 6) is -3.56. The molecule has 0 saturated heterocycles. The van der Waals surface area contributed by atoms with E-state index in [2.05, 4.69) is 4.98 Å². The van der Waals surface area contributed by atoms with Gasteiger partial charge in [-0.1, -0.05) is 17.8 Å². The lowest BCUT2D eigenvalue weighted by atomic mass is 10.2. The largest absolute Gasteiger partial charge is 0.453 e. The van der Waals surface area contributed by atoms with Gasteiger partial charge in [-0.3, -0.25) is 0 Å². The summed E-state index contributed by atoms with van der Waals surface area (Å²) < 4.78 is 45.5. The van der Waals surface area contributed by atoms with Crippen LogP contribution in [0.25, 0.3) is 10.9 Å². The Balaban J connectivity index is 2.11. The molecule has 3 aromatic rings. The molecule has 116 valence electrons. The summed E-state index contributed by atoms with van der Waals surface area (Å²) >= 11 is 0.219. The molecular formula is C16H9F3N2OS. The van der Waals surface area contributed by atoms with Crippen molar-refractivity contribution in [2.75, 3.05) is 0 Å². The van der Waals surface area contributed by atoms with E-state index in [1.807, 2.05) is 6.07 Å². The summed E-state index contributed by atoms with van der Waals surface area (Å²) in [4.78, 5) is 2.80. The molecule has 0 unspecified atom stereocenters. The molecule has 0 radical (unpaired) electrons. The van der Waals surface area contributed by atoms with Crippen LogP contribution < -0.4 is 4.74 Å². The van der Waals surface area contributed by atoms with Crippen molar-refractivity contribution in [2.24, 2.45) is 0 Å². The number of rotatable bonds is 4. The number of thioether (sulfide) groups is 1. The van der Waals surface area contributed by atoms with E-state index in [4.69, 9.17) is 10.00 Å². The lowest BCUT2D eigenvalue weighted by molar-refractivity contribution is 0.252. The van der Waals surface area contributed by atoms with Gasteiger partial charge in [0.2, 0.25) is 0 Å². The van der Waals surface area contributed by atoms with Gasteiger partial charge in [-0.2, -0.15) is 14.0 Å². The molecule has 23 heavy (non-hydrogen) atoms. The van der Waals surface area contributed by atoms with E-state index >= 15 is 0 Å². The second-order valence-electron chi connectivity index (χ2n) is 4.58. The molecule has 1 aromatic heterocycles. The topological polar surface area (TPSA) is 48.8 Å². The molecule has 1 heterocycles. The average Bonchev–Trinajstić information content (AvgIpc) is 2.98. The Morgan fingerprint density at radius 2 is 2.04 bits per heavy atom. The quantitative estimate of drug-likeness (QED) is 0.660. The van der Waals surface area contributed by atoms with Gasteiger partial charge in [-0.25, -0.2) is 4.39 Å². The number of alkyl halides is 2. The molecule has 0 bridgehead atoms. The second kappa shape index (κ2) is 6.26. The summed E-state index contributed by atoms with van der Waals surface area (Å²) in [6, 6.07) is 10.8. The normalized spacial score (nSPS) is 10.9. The number of H-pyrrole nitrogens is 1. The fraction of sp³-hybridized carbons (Fsp3) is 0.0625. The third-order valence-corrected chi connectivity index (χ3v) is 3.93. The van der Waals surface area contributed by atoms with Crippen molar-refractivity contribution < 1.29 is 17.9 Å². The van der Waals surface area contributed by atoms with Crippen molar-refractivity contribution >= 4 is 22.7 Å². The first-order valence-corrected chi connectivity index (χ1v) is 7.39. The Morgan fingerprint density at radius 3 is 2.78 bits per heavy atom. The van der Waals surface area contributed by atoms with Crippen molar-refractivity contribution in [1.82, 2.24) is 4.98 Å². The van der Waals surface area contributed by atoms with Crippen molar-refractivity contribution in [1.29, 1.82) is 5.26 Å². The summed E-state index contributed by atoms with van der Waals surface area (Å²) in [7, 11) is 0. The number of aromatic amines is 1. The number of fused-ring (bicyclic) bond motifs is 1. The number of hydrogen-bond donors (Lipinski definition) is 1. The van der Waals surface area contributed by atoms with Gasteiger partial charge in [-0.15, -0.1) is 0 Å². The van der Waals surface area contributed by atoms with Crippen LogP contribution in [0.2, 0.25) is 0 Å². The third-order valence-electron chi connectivity index (χ3n) is 3.11. The molecule has 0 amide bonds. The Labute approximate surface area is 133 Å². The van der Waals surface area contributed by atoms with Gasteiger partial charge in [0.1, 0.15) is 5.75 Å². The molecule has 0 spiro atoms. The van der Waals surface area contributed by atoms with Crippen LogP contribution in [0.4, 0.5) is 13.2 Å². The number of hydrogen-bond acceptors (Lipinski definition) is 3. The van der Waals surface area contributed by atoms with Crippen molar-refractivity contribution in [2.45, 2.75) is 10.7 Å². The predicted octanol–water partition coefficient (Wildman–Crippen LogP) is 5.29. The monoisotopic (exact) mass is 334 g/mol. The van der Waals surface area contributed by atoms with E-state index in [0.717, 1.165) is 0 Å². The summed E-state index contributed by atoms with van der Waals surface area (Å²) in [5.41, 5.74) is 0.734. The van der Waals surface area contributed by atoms with Crippen LogP contribution in [0.15, 0.2) is 47.5 Å². The standard InChI is InChI=1S/C16H9F3N2OS/c17-12-7-13-11(4-5-21-13)15(23-16(18)19)14(12)22-10-3-1-2-9(6-10)8-20/h1-7,16,21H. The molecule has 1 N–H and O–H groups in total. The molecule has 3 nitrogen and oxygen atoms in total. The number of aromatic nitrogens is 1. The van der Waals surface area contributed by atoms with Gasteiger partial charge in [-0.05, 0) is 24.3 Å². The number of nitrogens with one attached hydrogen (secondary N) is 1. The number of ether oxygens (including phenoxy) is 1. The fourth-order valence-corrected chi connectivity index (χ4v) is 2.90. The van der Waals surface area contributed by atoms with Gasteiger partial charge < -0.3 is 9.72 Å². The summed E-state index contributed by atoms with van der Waals surface area (Å²) in [5, 5.41) is 9.33. The first kappa shape index (κ1) is 15.3. The van der Waals surface area contributed by atoms with Crippen LogP contribution in [-0.4, -0.2) is 10.7 Å². The van der Waals surface area contributed by atoms with E-state index in [0.29, 0.717) is 16.5 Å². The summed E-state index contributed by atoms with van der Waals surface area (Å²) in [6.07, 6.45) is 1.54. The molecule has 0 aliphatic rings. The molecule has 0 saturated carbocycles. The maximum Gasteiger partial charge on any atom is 0.289 e. The van der Waals surface area contributed by atoms with Crippen LogP contribution in [-0.2, 0) is 0 Å². The zero-order valence-electron chi connectivity index (χ0n) is 11.5. The Kier molecular flexibility index (Phi) is 4.17. The highest BCUT2D eigenvalue weighted by atomic mass is 32.2. The lowest BCUT2D eigenvalue weighted by Crippen LogP contribution is -1.94. The highest BCUT2D eigenvalue weighted by molar-refractivity contribution is 7.99. The molecule has 7 heteroatoms. The molecule has 0 aliphatic heterocycles. The smallest absolute Gasteiger partial charge is 0.289 e. The van der Waals surface area contributed by atoms with Crippen LogP contribution in [0.1, 0.15) is 5.56 Å². The SMILES string of the molecule is N#Cc1cccc(Oc2c(F)cc3[nH]ccc3c2SC(F)F)c1. The Morgan fingerprint density at radius 1 is 1.22 bits per heavy atom. The van der Waals surface area contributed by atoms with Gasteiger partial charge in [0.05, 0.1) is 16.5 Å². The maximum absolute atomic E-state index is 14.3. The Bertz CT molecular complexity index is 902. The predicted molar refractivity (Wildman–Crippen MR) is 81.3 cm³/mol. The van der Waals surface area contributed by atoms with Crippen molar-refractivity contribution in [3.8, 4) is 17.6 Å². The first-order valence-electron chi connectivity index (χ1n) is 6.51. The second-order valence-corrected chi connectivity index (χ2v) is 5.58. The molecular weight excluding hydrogens is 325 g/mol. The minimum absolute atomic E-state index is 0.0126. The lowest BCUT2D eigenvalue weighted by Gasteiger charge is -2.13. The van der Waals surface area contributed by atoms with E-state index in [9.17, 15) is 13.2 Å². The average molecular weight is 334 g/mol. The Hall–Kier alpha value is -2.59. The van der Waals surface area contributed by atoms with E-state index in [1.54, 1.807) is 24.4 Å². The van der Waals surface area contributed by atoms with E-state index in [-0.39, 0.29) is 28.2 Å². The highest BCUT2D eigenvalue weighted by Gasteiger charge is 2.20. The molecule has 0 aliphatic carbocycles. The van der Waals surface area contributed by atoms with Gasteiger partial charge in [0, 0.05) is 23.2 Å². The zero-order valence-corrected chi connectivity index (χ0v) is 12.3. The van der Waals surface area contributed by atoms with Crippen LogP contribution >= 0.6 is 11.8 Å². The van der Waals surface area contributed by atoms with Gasteiger partial charge in [0.25, 0.3) is 5.76 Å². The maximum atomic E-state index is 14.3. The number of halogens is 3. The highest BCUT2D eigenvalue weighted by Crippen LogP contribution is 2.42. The first-order chi connectivity index (χ1) is 11.1. The van der Waals surface area contributed by atoms with E-state index in [1.165, 1.54) is 18.2 Å². The minimum atomic E-state index is -2.72. The van der Waals surface area contributed by atoms with Crippen LogP contribution in [0, 0.1) is 17.1 Å². The van der Waals surface area contributed by atoms with Crippen LogP contribution in [0.5, 0.6) is 11.5 Å². The fourth-order valence-electron chi connectivity index (χ4n) is 2.17. The molecule has 0 fully saturated rings. The molecule has 2 aromatic carbocycles. The molecule has 0 atom stereocenters. The number of nitriles is 1. The van der Waals surface area contributed by atoms with Gasteiger partial charge >= 0.3 is 0 Å². The summed E-state index contributed by atoms with van der Waals surface area (Å²) in [6.45, 7) is 0. The van der Waals surface area contributed by atoms with E-state index < -0.39 is 11.6 Å². The van der Waals surface area contributed by atoms with Gasteiger partial charge in [0.15, 0.2) is 11.6 Å². The number of nitrogens with zero attached hydrogens (tertiary/aromatic N) is 1.